The highest BCUT2D eigenvalue weighted by Gasteiger charge is 2.17. The van der Waals surface area contributed by atoms with Crippen LogP contribution in [0.15, 0.2) is 12.7 Å². The first-order valence-electron chi connectivity index (χ1n) is 2.64. The Bertz CT molecular complexity index is 78.9. The molecule has 0 unspecified atom stereocenters. The molecule has 0 aliphatic carbocycles. The molecular weight excluding hydrogens is 100 g/mol. The Kier molecular flexibility index (Phi) is 2.23. The van der Waals surface area contributed by atoms with Gasteiger partial charge in [0.25, 0.3) is 0 Å². The fraction of sp³-hybridized carbons (Fsp3) is 0.571. The van der Waals surface area contributed by atoms with Crippen LogP contribution in [0.1, 0.15) is 13.8 Å². The van der Waals surface area contributed by atoms with Gasteiger partial charge < -0.3 is 5.11 Å². The van der Waals surface area contributed by atoms with Crippen molar-refractivity contribution >= 4 is 0 Å². The topological polar surface area (TPSA) is 20.2 Å². The summed E-state index contributed by atoms with van der Waals surface area (Å²) >= 11 is 0. The largest absolute Gasteiger partial charge is 0.388 e. The Morgan fingerprint density at radius 2 is 2.00 bits per heavy atom. The highest BCUT2D eigenvalue weighted by Crippen LogP contribution is 2.18. The lowest BCUT2D eigenvalue weighted by Gasteiger charge is -2.21. The van der Waals surface area contributed by atoms with Crippen molar-refractivity contribution < 1.29 is 5.11 Å². The Hall–Kier alpha value is -0.300. The van der Waals surface area contributed by atoms with E-state index in [1.807, 2.05) is 13.8 Å². The number of rotatable bonds is 2. The number of aliphatic hydroxyl groups excluding tert-OH is 1. The van der Waals surface area contributed by atoms with Gasteiger partial charge in [0.1, 0.15) is 0 Å². The molecule has 1 nitrogen and oxygen atoms in total. The molecule has 1 atom stereocenters. The van der Waals surface area contributed by atoms with Gasteiger partial charge in [0, 0.05) is 0 Å². The molecule has 0 amide bonds. The first-order chi connectivity index (χ1) is 3.48. The van der Waals surface area contributed by atoms with E-state index in [-0.39, 0.29) is 5.41 Å². The molecule has 47 valence electrons. The van der Waals surface area contributed by atoms with E-state index in [1.54, 1.807) is 0 Å². The minimum atomic E-state index is -0.498. The van der Waals surface area contributed by atoms with Gasteiger partial charge in [-0.05, 0) is 12.3 Å². The summed E-state index contributed by atoms with van der Waals surface area (Å²) in [5.74, 6) is 0. The third-order valence-corrected chi connectivity index (χ3v) is 1.02. The van der Waals surface area contributed by atoms with Crippen LogP contribution in [0.4, 0.5) is 0 Å². The van der Waals surface area contributed by atoms with Gasteiger partial charge in [-0.3, -0.25) is 0 Å². The maximum absolute atomic E-state index is 9.01. The van der Waals surface area contributed by atoms with E-state index in [9.17, 15) is 0 Å². The second-order valence-electron chi connectivity index (χ2n) is 2.67. The fourth-order valence-corrected chi connectivity index (χ4v) is 0.319. The zero-order valence-corrected chi connectivity index (χ0v) is 5.52. The normalized spacial score (nSPS) is 15.5. The second-order valence-corrected chi connectivity index (χ2v) is 2.67. The molecule has 0 aliphatic heterocycles. The van der Waals surface area contributed by atoms with Gasteiger partial charge in [0.15, 0.2) is 0 Å². The maximum Gasteiger partial charge on any atom is 0.0769 e. The van der Waals surface area contributed by atoms with Gasteiger partial charge in [0.05, 0.1) is 6.10 Å². The van der Waals surface area contributed by atoms with Crippen LogP contribution in [-0.2, 0) is 0 Å². The summed E-state index contributed by atoms with van der Waals surface area (Å²) in [7, 11) is 0. The van der Waals surface area contributed by atoms with E-state index in [0.717, 1.165) is 0 Å². The van der Waals surface area contributed by atoms with E-state index < -0.39 is 6.10 Å². The molecule has 0 saturated heterocycles. The van der Waals surface area contributed by atoms with Crippen molar-refractivity contribution in [3.05, 3.63) is 19.6 Å². The average Bonchev–Trinajstić information content (AvgIpc) is 1.62. The molecule has 0 spiro atoms. The van der Waals surface area contributed by atoms with E-state index in [0.29, 0.717) is 0 Å². The first-order valence-corrected chi connectivity index (χ1v) is 2.64. The fourth-order valence-electron chi connectivity index (χ4n) is 0.319. The minimum Gasteiger partial charge on any atom is -0.388 e. The van der Waals surface area contributed by atoms with Crippen molar-refractivity contribution in [1.82, 2.24) is 0 Å². The zero-order chi connectivity index (χ0) is 6.78. The van der Waals surface area contributed by atoms with Crippen LogP contribution in [0, 0.1) is 12.3 Å². The Morgan fingerprint density at radius 3 is 2.00 bits per heavy atom. The summed E-state index contributed by atoms with van der Waals surface area (Å²) in [6, 6.07) is 0. The lowest BCUT2D eigenvalue weighted by molar-refractivity contribution is 0.124. The first kappa shape index (κ1) is 7.70. The SMILES string of the molecule is [CH2]C(C)(C)[C@@H](O)C=C. The molecule has 8 heavy (non-hydrogen) atoms. The molecule has 1 N–H and O–H groups in total. The van der Waals surface area contributed by atoms with Crippen molar-refractivity contribution in [2.24, 2.45) is 5.41 Å². The third kappa shape index (κ3) is 2.12. The zero-order valence-electron chi connectivity index (χ0n) is 5.52. The highest BCUT2D eigenvalue weighted by molar-refractivity contribution is 4.91. The molecular formula is C7H13O. The quantitative estimate of drug-likeness (QED) is 0.536. The molecule has 0 aromatic rings. The van der Waals surface area contributed by atoms with E-state index in [4.69, 9.17) is 5.11 Å². The molecule has 0 aliphatic rings. The molecule has 0 rings (SSSR count). The third-order valence-electron chi connectivity index (χ3n) is 1.02. The highest BCUT2D eigenvalue weighted by atomic mass is 16.3. The van der Waals surface area contributed by atoms with Crippen molar-refractivity contribution in [1.29, 1.82) is 0 Å². The molecule has 0 heterocycles. The van der Waals surface area contributed by atoms with Gasteiger partial charge in [0.2, 0.25) is 0 Å². The molecule has 0 fully saturated rings. The summed E-state index contributed by atoms with van der Waals surface area (Å²) in [5.41, 5.74) is -0.304. The Balaban J connectivity index is 3.80. The summed E-state index contributed by atoms with van der Waals surface area (Å²) in [4.78, 5) is 0. The Morgan fingerprint density at radius 1 is 1.62 bits per heavy atom. The van der Waals surface area contributed by atoms with Crippen molar-refractivity contribution in [2.75, 3.05) is 0 Å². The van der Waals surface area contributed by atoms with Crippen molar-refractivity contribution in [2.45, 2.75) is 20.0 Å². The smallest absolute Gasteiger partial charge is 0.0769 e. The maximum atomic E-state index is 9.01. The molecule has 1 heteroatoms. The van der Waals surface area contributed by atoms with Crippen LogP contribution in [0.3, 0.4) is 0 Å². The van der Waals surface area contributed by atoms with E-state index in [1.165, 1.54) is 6.08 Å². The van der Waals surface area contributed by atoms with Crippen LogP contribution >= 0.6 is 0 Å². The van der Waals surface area contributed by atoms with Gasteiger partial charge in [-0.25, -0.2) is 0 Å². The van der Waals surface area contributed by atoms with Crippen LogP contribution in [0.2, 0.25) is 0 Å². The summed E-state index contributed by atoms with van der Waals surface area (Å²) in [5, 5.41) is 9.01. The van der Waals surface area contributed by atoms with Gasteiger partial charge in [-0.2, -0.15) is 0 Å². The van der Waals surface area contributed by atoms with Gasteiger partial charge >= 0.3 is 0 Å². The van der Waals surface area contributed by atoms with Crippen LogP contribution in [0.25, 0.3) is 0 Å². The molecule has 0 aromatic carbocycles. The molecule has 0 saturated carbocycles. The summed E-state index contributed by atoms with van der Waals surface area (Å²) < 4.78 is 0. The Labute approximate surface area is 51.0 Å². The second kappa shape index (κ2) is 2.31. The molecule has 0 bridgehead atoms. The lowest BCUT2D eigenvalue weighted by Crippen LogP contribution is -2.23. The number of hydrogen-bond acceptors (Lipinski definition) is 1. The number of hydrogen-bond donors (Lipinski definition) is 1. The van der Waals surface area contributed by atoms with Gasteiger partial charge in [-0.1, -0.05) is 19.9 Å². The summed E-state index contributed by atoms with van der Waals surface area (Å²) in [6.45, 7) is 10.9. The molecule has 1 radical (unpaired) electrons. The van der Waals surface area contributed by atoms with Crippen LogP contribution in [-0.4, -0.2) is 11.2 Å². The monoisotopic (exact) mass is 113 g/mol. The van der Waals surface area contributed by atoms with Crippen molar-refractivity contribution in [3.63, 3.8) is 0 Å². The minimum absolute atomic E-state index is 0.304. The van der Waals surface area contributed by atoms with Crippen LogP contribution in [0.5, 0.6) is 0 Å². The van der Waals surface area contributed by atoms with E-state index >= 15 is 0 Å². The standard InChI is InChI=1S/C7H13O/c1-5-6(8)7(2,3)4/h5-6,8H,1-2H2,3-4H3/t6-/m0/s1. The van der Waals surface area contributed by atoms with Crippen LogP contribution < -0.4 is 0 Å². The number of aliphatic hydroxyl groups is 1. The van der Waals surface area contributed by atoms with Gasteiger partial charge in [-0.15, -0.1) is 6.58 Å². The predicted octanol–water partition coefficient (Wildman–Crippen LogP) is 1.39. The van der Waals surface area contributed by atoms with E-state index in [2.05, 4.69) is 13.5 Å². The predicted molar refractivity (Wildman–Crippen MR) is 35.3 cm³/mol. The van der Waals surface area contributed by atoms with Crippen molar-refractivity contribution in [3.8, 4) is 0 Å². The summed E-state index contributed by atoms with van der Waals surface area (Å²) in [6.07, 6.45) is 0.995. The average molecular weight is 113 g/mol. The lowest BCUT2D eigenvalue weighted by atomic mass is 9.89. The molecule has 0 aromatic heterocycles.